The number of para-hydroxylation sites is 1. The number of hydrogen-bond acceptors (Lipinski definition) is 4. The molecule has 0 unspecified atom stereocenters. The van der Waals surface area contributed by atoms with Crippen molar-refractivity contribution in [1.82, 2.24) is 0 Å². The normalized spacial score (nSPS) is 13.7. The molecule has 1 aliphatic rings. The van der Waals surface area contributed by atoms with Gasteiger partial charge >= 0.3 is 0 Å². The molecule has 1 N–H and O–H groups in total. The first-order chi connectivity index (χ1) is 15.3. The first-order valence-electron chi connectivity index (χ1n) is 10.2. The fraction of sp³-hybridized carbons (Fsp3) is 0.154. The Bertz CT molecular complexity index is 1280. The number of carbonyl (C=O) groups excluding carboxylic acids is 2. The lowest BCUT2D eigenvalue weighted by molar-refractivity contribution is -0.120. The number of hydrogen-bond donors (Lipinski definition) is 1. The smallest absolute Gasteiger partial charge is 0.282 e. The van der Waals surface area contributed by atoms with Crippen molar-refractivity contribution in [3.8, 4) is 5.75 Å². The van der Waals surface area contributed by atoms with Crippen LogP contribution in [0.5, 0.6) is 5.75 Å². The lowest BCUT2D eigenvalue weighted by atomic mass is 10.0. The minimum atomic E-state index is -0.428. The van der Waals surface area contributed by atoms with E-state index in [2.05, 4.69) is 5.32 Å². The maximum absolute atomic E-state index is 13.7. The average Bonchev–Trinajstić information content (AvgIpc) is 3.01. The number of halogens is 1. The van der Waals surface area contributed by atoms with Gasteiger partial charge < -0.3 is 10.1 Å². The van der Waals surface area contributed by atoms with Gasteiger partial charge in [-0.15, -0.1) is 0 Å². The second-order valence-corrected chi connectivity index (χ2v) is 8.14. The second kappa shape index (κ2) is 8.52. The lowest BCUT2D eigenvalue weighted by Crippen LogP contribution is -2.33. The van der Waals surface area contributed by atoms with Crippen LogP contribution in [0.1, 0.15) is 22.3 Å². The van der Waals surface area contributed by atoms with Crippen LogP contribution < -0.4 is 15.0 Å². The predicted molar refractivity (Wildman–Crippen MR) is 128 cm³/mol. The Morgan fingerprint density at radius 1 is 0.875 bits per heavy atom. The van der Waals surface area contributed by atoms with Crippen molar-refractivity contribution in [1.29, 1.82) is 0 Å². The molecule has 0 spiro atoms. The van der Waals surface area contributed by atoms with E-state index in [0.29, 0.717) is 22.0 Å². The van der Waals surface area contributed by atoms with Crippen molar-refractivity contribution in [2.45, 2.75) is 20.8 Å². The van der Waals surface area contributed by atoms with E-state index in [1.54, 1.807) is 37.4 Å². The highest BCUT2D eigenvalue weighted by Gasteiger charge is 2.41. The van der Waals surface area contributed by atoms with Crippen LogP contribution in [0.25, 0.3) is 5.57 Å². The van der Waals surface area contributed by atoms with Crippen LogP contribution in [0.4, 0.5) is 11.4 Å². The summed E-state index contributed by atoms with van der Waals surface area (Å²) in [4.78, 5) is 28.5. The van der Waals surface area contributed by atoms with E-state index in [-0.39, 0.29) is 11.3 Å². The largest absolute Gasteiger partial charge is 0.496 e. The summed E-state index contributed by atoms with van der Waals surface area (Å²) in [5.74, 6) is -0.335. The average molecular weight is 447 g/mol. The molecular formula is C26H23ClN2O3. The molecule has 0 radical (unpaired) electrons. The number of imide groups is 1. The monoisotopic (exact) mass is 446 g/mol. The molecule has 3 aromatic carbocycles. The first kappa shape index (κ1) is 21.7. The number of aryl methyl sites for hydroxylation is 2. The fourth-order valence-corrected chi connectivity index (χ4v) is 4.08. The van der Waals surface area contributed by atoms with Crippen molar-refractivity contribution in [2.24, 2.45) is 0 Å². The summed E-state index contributed by atoms with van der Waals surface area (Å²) in [5.41, 5.74) is 5.10. The maximum atomic E-state index is 13.7. The molecule has 1 aliphatic heterocycles. The van der Waals surface area contributed by atoms with E-state index in [1.165, 1.54) is 4.90 Å². The Hall–Kier alpha value is -3.57. The van der Waals surface area contributed by atoms with Gasteiger partial charge in [0.15, 0.2) is 0 Å². The SMILES string of the molecule is COc1ccccc1C1=C(Nc2cccc(C)c2C)C(=O)N(c2ccc(Cl)cc2C)C1=O. The van der Waals surface area contributed by atoms with E-state index in [0.717, 1.165) is 22.4 Å². The van der Waals surface area contributed by atoms with Crippen LogP contribution in [-0.4, -0.2) is 18.9 Å². The van der Waals surface area contributed by atoms with Crippen LogP contribution in [0.15, 0.2) is 66.4 Å². The molecule has 162 valence electrons. The number of nitrogens with one attached hydrogen (secondary N) is 1. The van der Waals surface area contributed by atoms with Gasteiger partial charge in [-0.3, -0.25) is 9.59 Å². The molecule has 0 aliphatic carbocycles. The van der Waals surface area contributed by atoms with E-state index >= 15 is 0 Å². The standard InChI is InChI=1S/C26H23ClN2O3/c1-15-8-7-10-20(17(15)3)28-24-23(19-9-5-6-11-22(19)32-4)25(30)29(26(24)31)21-13-12-18(27)14-16(21)2/h5-14,28H,1-4H3. The molecule has 1 heterocycles. The third-order valence-electron chi connectivity index (χ3n) is 5.72. The summed E-state index contributed by atoms with van der Waals surface area (Å²) < 4.78 is 5.50. The van der Waals surface area contributed by atoms with Crippen LogP contribution in [0, 0.1) is 20.8 Å². The number of ether oxygens (including phenoxy) is 1. The summed E-state index contributed by atoms with van der Waals surface area (Å²) in [6.07, 6.45) is 0. The quantitative estimate of drug-likeness (QED) is 0.513. The summed E-state index contributed by atoms with van der Waals surface area (Å²) in [5, 5.41) is 3.79. The molecule has 6 heteroatoms. The molecule has 0 saturated carbocycles. The predicted octanol–water partition coefficient (Wildman–Crippen LogP) is 5.67. The van der Waals surface area contributed by atoms with Gasteiger partial charge in [0, 0.05) is 16.3 Å². The Kier molecular flexibility index (Phi) is 5.76. The van der Waals surface area contributed by atoms with Crippen LogP contribution in [0.3, 0.4) is 0 Å². The van der Waals surface area contributed by atoms with Gasteiger partial charge in [-0.05, 0) is 67.8 Å². The zero-order valence-electron chi connectivity index (χ0n) is 18.3. The van der Waals surface area contributed by atoms with Crippen molar-refractivity contribution >= 4 is 40.4 Å². The van der Waals surface area contributed by atoms with Crippen LogP contribution in [-0.2, 0) is 9.59 Å². The number of nitrogens with zero attached hydrogens (tertiary/aromatic N) is 1. The third-order valence-corrected chi connectivity index (χ3v) is 5.96. The number of benzene rings is 3. The maximum Gasteiger partial charge on any atom is 0.282 e. The molecule has 32 heavy (non-hydrogen) atoms. The number of carbonyl (C=O) groups is 2. The third kappa shape index (κ3) is 3.65. The highest BCUT2D eigenvalue weighted by molar-refractivity contribution is 6.46. The van der Waals surface area contributed by atoms with Gasteiger partial charge in [-0.25, -0.2) is 4.90 Å². The highest BCUT2D eigenvalue weighted by atomic mass is 35.5. The van der Waals surface area contributed by atoms with E-state index < -0.39 is 11.8 Å². The van der Waals surface area contributed by atoms with Crippen LogP contribution >= 0.6 is 11.6 Å². The number of methoxy groups -OCH3 is 1. The lowest BCUT2D eigenvalue weighted by Gasteiger charge is -2.18. The van der Waals surface area contributed by atoms with Crippen LogP contribution in [0.2, 0.25) is 5.02 Å². The van der Waals surface area contributed by atoms with Crippen molar-refractivity contribution in [3.63, 3.8) is 0 Å². The zero-order chi connectivity index (χ0) is 23.0. The number of amides is 2. The van der Waals surface area contributed by atoms with Gasteiger partial charge in [0.2, 0.25) is 0 Å². The first-order valence-corrected chi connectivity index (χ1v) is 10.6. The van der Waals surface area contributed by atoms with Gasteiger partial charge in [-0.2, -0.15) is 0 Å². The summed E-state index contributed by atoms with van der Waals surface area (Å²) in [6, 6.07) is 18.1. The van der Waals surface area contributed by atoms with Gasteiger partial charge in [0.05, 0.1) is 18.4 Å². The summed E-state index contributed by atoms with van der Waals surface area (Å²) in [7, 11) is 1.54. The number of rotatable bonds is 5. The topological polar surface area (TPSA) is 58.6 Å². The number of anilines is 2. The van der Waals surface area contributed by atoms with Gasteiger partial charge in [0.1, 0.15) is 11.4 Å². The Morgan fingerprint density at radius 3 is 2.34 bits per heavy atom. The molecule has 5 nitrogen and oxygen atoms in total. The van der Waals surface area contributed by atoms with Gasteiger partial charge in [-0.1, -0.05) is 41.9 Å². The Labute approximate surface area is 192 Å². The van der Waals surface area contributed by atoms with Gasteiger partial charge in [0.25, 0.3) is 11.8 Å². The fourth-order valence-electron chi connectivity index (χ4n) is 3.86. The second-order valence-electron chi connectivity index (χ2n) is 7.70. The van der Waals surface area contributed by atoms with E-state index in [1.807, 2.05) is 51.1 Å². The minimum absolute atomic E-state index is 0.211. The minimum Gasteiger partial charge on any atom is -0.496 e. The molecule has 3 aromatic rings. The molecule has 0 fully saturated rings. The van der Waals surface area contributed by atoms with Crippen molar-refractivity contribution in [3.05, 3.63) is 93.6 Å². The molecule has 0 atom stereocenters. The molecule has 0 aromatic heterocycles. The van der Waals surface area contributed by atoms with Crippen molar-refractivity contribution in [2.75, 3.05) is 17.3 Å². The molecule has 0 bridgehead atoms. The van der Waals surface area contributed by atoms with E-state index in [4.69, 9.17) is 16.3 Å². The Balaban J connectivity index is 1.91. The molecular weight excluding hydrogens is 424 g/mol. The van der Waals surface area contributed by atoms with Crippen molar-refractivity contribution < 1.29 is 14.3 Å². The van der Waals surface area contributed by atoms with E-state index in [9.17, 15) is 9.59 Å². The highest BCUT2D eigenvalue weighted by Crippen LogP contribution is 2.39. The molecule has 4 rings (SSSR count). The summed E-state index contributed by atoms with van der Waals surface area (Å²) >= 11 is 6.10. The Morgan fingerprint density at radius 2 is 1.62 bits per heavy atom. The zero-order valence-corrected chi connectivity index (χ0v) is 19.1. The summed E-state index contributed by atoms with van der Waals surface area (Å²) in [6.45, 7) is 5.80. The molecule has 0 saturated heterocycles. The molecule has 2 amide bonds.